The van der Waals surface area contributed by atoms with E-state index in [1.807, 2.05) is 0 Å². The molecule has 3 aliphatic heterocycles. The summed E-state index contributed by atoms with van der Waals surface area (Å²) in [6, 6.07) is 0. The SMILES string of the molecule is O=C1OC(=O)[C@H]2[C@H]3O[C@@H]([C@@H](Cl)[C@H]3Cl)[C@@H]12. The summed E-state index contributed by atoms with van der Waals surface area (Å²) in [4.78, 5) is 22.6. The van der Waals surface area contributed by atoms with Gasteiger partial charge in [0.25, 0.3) is 0 Å². The van der Waals surface area contributed by atoms with E-state index in [2.05, 4.69) is 4.74 Å². The van der Waals surface area contributed by atoms with Crippen LogP contribution in [0.25, 0.3) is 0 Å². The molecule has 0 N–H and O–H groups in total. The third-order valence-corrected chi connectivity index (χ3v) is 4.26. The first-order chi connectivity index (χ1) is 6.61. The number of alkyl halides is 2. The van der Waals surface area contributed by atoms with E-state index in [1.54, 1.807) is 0 Å². The van der Waals surface area contributed by atoms with Crippen molar-refractivity contribution in [2.24, 2.45) is 11.8 Å². The van der Waals surface area contributed by atoms with Crippen molar-refractivity contribution in [2.75, 3.05) is 0 Å². The number of halogens is 2. The maximum absolute atomic E-state index is 11.3. The van der Waals surface area contributed by atoms with Gasteiger partial charge in [-0.2, -0.15) is 0 Å². The monoisotopic (exact) mass is 236 g/mol. The molecule has 4 nitrogen and oxygen atoms in total. The molecule has 2 bridgehead atoms. The minimum atomic E-state index is -0.537. The van der Waals surface area contributed by atoms with Gasteiger partial charge in [-0.3, -0.25) is 9.59 Å². The van der Waals surface area contributed by atoms with Gasteiger partial charge in [0, 0.05) is 0 Å². The maximum atomic E-state index is 11.3. The molecule has 3 fully saturated rings. The van der Waals surface area contributed by atoms with E-state index in [4.69, 9.17) is 27.9 Å². The summed E-state index contributed by atoms with van der Waals surface area (Å²) in [5, 5.41) is -0.831. The summed E-state index contributed by atoms with van der Waals surface area (Å²) in [7, 11) is 0. The highest BCUT2D eigenvalue weighted by Gasteiger charge is 2.67. The van der Waals surface area contributed by atoms with E-state index in [9.17, 15) is 9.59 Å². The summed E-state index contributed by atoms with van der Waals surface area (Å²) in [5.41, 5.74) is 0. The van der Waals surface area contributed by atoms with Crippen LogP contribution in [0.2, 0.25) is 0 Å². The predicted molar refractivity (Wildman–Crippen MR) is 46.0 cm³/mol. The van der Waals surface area contributed by atoms with Crippen LogP contribution in [0.3, 0.4) is 0 Å². The lowest BCUT2D eigenvalue weighted by Crippen LogP contribution is -2.42. The number of esters is 2. The Bertz CT molecular complexity index is 301. The molecule has 0 aromatic rings. The molecule has 0 saturated carbocycles. The molecule has 0 aromatic carbocycles. The molecule has 14 heavy (non-hydrogen) atoms. The minimum Gasteiger partial charge on any atom is -0.393 e. The van der Waals surface area contributed by atoms with Crippen LogP contribution in [-0.4, -0.2) is 34.9 Å². The first kappa shape index (κ1) is 8.95. The van der Waals surface area contributed by atoms with Gasteiger partial charge in [0.1, 0.15) is 11.8 Å². The fourth-order valence-electron chi connectivity index (χ4n) is 2.46. The second-order valence-corrected chi connectivity index (χ2v) is 4.75. The highest BCUT2D eigenvalue weighted by atomic mass is 35.5. The molecule has 6 atom stereocenters. The Kier molecular flexibility index (Phi) is 1.68. The van der Waals surface area contributed by atoms with E-state index < -0.39 is 46.7 Å². The second-order valence-electron chi connectivity index (χ2n) is 3.75. The van der Waals surface area contributed by atoms with Gasteiger partial charge in [-0.05, 0) is 0 Å². The van der Waals surface area contributed by atoms with Crippen molar-refractivity contribution in [3.8, 4) is 0 Å². The highest BCUT2D eigenvalue weighted by Crippen LogP contribution is 2.51. The molecule has 3 aliphatic rings. The van der Waals surface area contributed by atoms with Crippen molar-refractivity contribution in [3.63, 3.8) is 0 Å². The zero-order chi connectivity index (χ0) is 10.0. The van der Waals surface area contributed by atoms with Crippen molar-refractivity contribution in [2.45, 2.75) is 23.0 Å². The first-order valence-electron chi connectivity index (χ1n) is 4.30. The van der Waals surface area contributed by atoms with Crippen molar-refractivity contribution in [1.29, 1.82) is 0 Å². The quantitative estimate of drug-likeness (QED) is 0.345. The Morgan fingerprint density at radius 2 is 1.36 bits per heavy atom. The second kappa shape index (κ2) is 2.62. The topological polar surface area (TPSA) is 52.6 Å². The number of fused-ring (bicyclic) bond motifs is 5. The molecule has 0 aromatic heterocycles. The highest BCUT2D eigenvalue weighted by molar-refractivity contribution is 6.31. The standard InChI is InChI=1S/C8H6Cl2O4/c9-3-4(10)6-2-1(5(3)13-6)7(11)14-8(2)12/h1-6H/t1-,2+,3-,4+,5-,6-/m1/s1. The lowest BCUT2D eigenvalue weighted by atomic mass is 9.80. The largest absolute Gasteiger partial charge is 0.393 e. The molecule has 0 amide bonds. The average Bonchev–Trinajstić information content (AvgIpc) is 2.71. The molecular weight excluding hydrogens is 231 g/mol. The molecule has 3 saturated heterocycles. The van der Waals surface area contributed by atoms with Gasteiger partial charge < -0.3 is 9.47 Å². The molecule has 0 radical (unpaired) electrons. The average molecular weight is 237 g/mol. The molecule has 3 rings (SSSR count). The van der Waals surface area contributed by atoms with Gasteiger partial charge in [-0.1, -0.05) is 0 Å². The van der Waals surface area contributed by atoms with Crippen molar-refractivity contribution in [3.05, 3.63) is 0 Å². The number of rotatable bonds is 0. The lowest BCUT2D eigenvalue weighted by Gasteiger charge is -2.23. The number of cyclic esters (lactones) is 2. The Morgan fingerprint density at radius 3 is 1.79 bits per heavy atom. The van der Waals surface area contributed by atoms with Crippen LogP contribution in [-0.2, 0) is 19.1 Å². The number of hydrogen-bond acceptors (Lipinski definition) is 4. The third-order valence-electron chi connectivity index (χ3n) is 3.09. The zero-order valence-electron chi connectivity index (χ0n) is 6.85. The Labute approximate surface area is 89.4 Å². The van der Waals surface area contributed by atoms with Crippen LogP contribution < -0.4 is 0 Å². The number of hydrogen-bond donors (Lipinski definition) is 0. The molecular formula is C8H6Cl2O4. The van der Waals surface area contributed by atoms with Crippen LogP contribution in [0.1, 0.15) is 0 Å². The summed E-state index contributed by atoms with van der Waals surface area (Å²) in [6.45, 7) is 0. The molecule has 76 valence electrons. The molecule has 0 aliphatic carbocycles. The number of carbonyl (C=O) groups excluding carboxylic acids is 2. The van der Waals surface area contributed by atoms with Gasteiger partial charge in [0.2, 0.25) is 0 Å². The Hall–Kier alpha value is -0.320. The molecule has 0 unspecified atom stereocenters. The van der Waals surface area contributed by atoms with Crippen LogP contribution in [0.5, 0.6) is 0 Å². The van der Waals surface area contributed by atoms with Gasteiger partial charge >= 0.3 is 11.9 Å². The van der Waals surface area contributed by atoms with E-state index in [-0.39, 0.29) is 0 Å². The van der Waals surface area contributed by atoms with Crippen LogP contribution in [0.15, 0.2) is 0 Å². The normalized spacial score (nSPS) is 55.0. The number of carbonyl (C=O) groups is 2. The fourth-order valence-corrected chi connectivity index (χ4v) is 3.18. The van der Waals surface area contributed by atoms with Crippen LogP contribution in [0, 0.1) is 11.8 Å². The summed E-state index contributed by atoms with van der Waals surface area (Å²) in [5.74, 6) is -2.13. The first-order valence-corrected chi connectivity index (χ1v) is 5.17. The van der Waals surface area contributed by atoms with E-state index in [0.29, 0.717) is 0 Å². The predicted octanol–water partition coefficient (Wildman–Crippen LogP) is 0.298. The maximum Gasteiger partial charge on any atom is 0.320 e. The van der Waals surface area contributed by atoms with Gasteiger partial charge in [0.15, 0.2) is 0 Å². The molecule has 0 spiro atoms. The smallest absolute Gasteiger partial charge is 0.320 e. The van der Waals surface area contributed by atoms with E-state index in [0.717, 1.165) is 0 Å². The third kappa shape index (κ3) is 0.846. The Morgan fingerprint density at radius 1 is 0.929 bits per heavy atom. The van der Waals surface area contributed by atoms with Gasteiger partial charge in [-0.25, -0.2) is 0 Å². The van der Waals surface area contributed by atoms with Crippen LogP contribution >= 0.6 is 23.2 Å². The minimum absolute atomic E-state index is 0.415. The summed E-state index contributed by atoms with van der Waals surface area (Å²) < 4.78 is 9.95. The van der Waals surface area contributed by atoms with Gasteiger partial charge in [-0.15, -0.1) is 23.2 Å². The Balaban J connectivity index is 2.01. The number of ether oxygens (including phenoxy) is 2. The van der Waals surface area contributed by atoms with Crippen molar-refractivity contribution < 1.29 is 19.1 Å². The zero-order valence-corrected chi connectivity index (χ0v) is 8.36. The summed E-state index contributed by atoms with van der Waals surface area (Å²) in [6.07, 6.45) is -0.929. The molecule has 6 heteroatoms. The summed E-state index contributed by atoms with van der Waals surface area (Å²) >= 11 is 11.9. The fraction of sp³-hybridized carbons (Fsp3) is 0.750. The van der Waals surface area contributed by atoms with Crippen LogP contribution in [0.4, 0.5) is 0 Å². The lowest BCUT2D eigenvalue weighted by molar-refractivity contribution is -0.156. The van der Waals surface area contributed by atoms with Crippen molar-refractivity contribution in [1.82, 2.24) is 0 Å². The van der Waals surface area contributed by atoms with E-state index in [1.165, 1.54) is 0 Å². The molecule has 3 heterocycles. The van der Waals surface area contributed by atoms with Crippen molar-refractivity contribution >= 4 is 35.1 Å². The van der Waals surface area contributed by atoms with E-state index >= 15 is 0 Å². The van der Waals surface area contributed by atoms with Gasteiger partial charge in [0.05, 0.1) is 23.0 Å².